The van der Waals surface area contributed by atoms with E-state index in [1.807, 2.05) is 30.0 Å². The van der Waals surface area contributed by atoms with Crippen LogP contribution in [-0.4, -0.2) is 36.0 Å². The van der Waals surface area contributed by atoms with E-state index >= 15 is 0 Å². The van der Waals surface area contributed by atoms with Crippen molar-refractivity contribution in [1.82, 2.24) is 10.2 Å². The molecular formula is C23H26F3N3O2. The lowest BCUT2D eigenvalue weighted by Gasteiger charge is -2.38. The summed E-state index contributed by atoms with van der Waals surface area (Å²) in [6.07, 6.45) is 0.131. The number of fused-ring (bicyclic) bond motifs is 2. The molecule has 0 radical (unpaired) electrons. The third kappa shape index (κ3) is 4.43. The van der Waals surface area contributed by atoms with Gasteiger partial charge in [-0.3, -0.25) is 0 Å². The smallest absolute Gasteiger partial charge is 0.435 e. The predicted molar refractivity (Wildman–Crippen MR) is 109 cm³/mol. The van der Waals surface area contributed by atoms with E-state index in [1.54, 1.807) is 0 Å². The fourth-order valence-corrected chi connectivity index (χ4v) is 4.66. The van der Waals surface area contributed by atoms with Crippen LogP contribution in [0.2, 0.25) is 0 Å². The first-order valence-electron chi connectivity index (χ1n) is 10.9. The molecule has 1 aromatic heterocycles. The zero-order valence-corrected chi connectivity index (χ0v) is 17.4. The van der Waals surface area contributed by atoms with E-state index in [4.69, 9.17) is 9.47 Å². The summed E-state index contributed by atoms with van der Waals surface area (Å²) in [5.41, 5.74) is 0.173. The molecule has 31 heavy (non-hydrogen) atoms. The maximum absolute atomic E-state index is 12.8. The molecule has 5 rings (SSSR count). The highest BCUT2D eigenvalue weighted by Crippen LogP contribution is 2.43. The first-order chi connectivity index (χ1) is 14.9. The SMILES string of the molecule is Cc1ccc(OC2[C@@H]3CC[C@H]2CN(c2ccc(C(F)(F)F)nn2)C3)c(OCC2CC2)c1. The third-order valence-corrected chi connectivity index (χ3v) is 6.55. The molecule has 2 aromatic rings. The maximum Gasteiger partial charge on any atom is 0.435 e. The first-order valence-corrected chi connectivity index (χ1v) is 10.9. The van der Waals surface area contributed by atoms with Gasteiger partial charge in [-0.15, -0.1) is 10.2 Å². The van der Waals surface area contributed by atoms with E-state index in [0.29, 0.717) is 36.7 Å². The Hall–Kier alpha value is -2.51. The Balaban J connectivity index is 1.27. The molecule has 0 amide bonds. The monoisotopic (exact) mass is 433 g/mol. The average Bonchev–Trinajstić information content (AvgIpc) is 3.53. The van der Waals surface area contributed by atoms with Gasteiger partial charge < -0.3 is 14.4 Å². The number of rotatable bonds is 6. The summed E-state index contributed by atoms with van der Waals surface area (Å²) in [7, 11) is 0. The van der Waals surface area contributed by atoms with Crippen molar-refractivity contribution < 1.29 is 22.6 Å². The molecular weight excluding hydrogens is 407 g/mol. The molecule has 1 aliphatic heterocycles. The van der Waals surface area contributed by atoms with Crippen molar-refractivity contribution in [2.24, 2.45) is 17.8 Å². The normalized spacial score (nSPS) is 25.5. The van der Waals surface area contributed by atoms with Crippen molar-refractivity contribution in [3.05, 3.63) is 41.6 Å². The van der Waals surface area contributed by atoms with Gasteiger partial charge >= 0.3 is 6.18 Å². The van der Waals surface area contributed by atoms with E-state index in [2.05, 4.69) is 10.2 Å². The van der Waals surface area contributed by atoms with Crippen LogP contribution in [0.25, 0.3) is 0 Å². The van der Waals surface area contributed by atoms with E-state index in [9.17, 15) is 13.2 Å². The molecule has 2 aliphatic carbocycles. The molecule has 1 unspecified atom stereocenters. The second-order valence-electron chi connectivity index (χ2n) is 9.06. The van der Waals surface area contributed by atoms with Gasteiger partial charge in [-0.1, -0.05) is 6.07 Å². The number of aryl methyl sites for hydroxylation is 1. The van der Waals surface area contributed by atoms with Crippen molar-refractivity contribution in [2.45, 2.75) is 44.9 Å². The van der Waals surface area contributed by atoms with Gasteiger partial charge in [0.2, 0.25) is 0 Å². The lowest BCUT2D eigenvalue weighted by molar-refractivity contribution is -0.141. The number of hydrogen-bond acceptors (Lipinski definition) is 5. The molecule has 3 aliphatic rings. The summed E-state index contributed by atoms with van der Waals surface area (Å²) in [6, 6.07) is 8.48. The molecule has 2 heterocycles. The number of ether oxygens (including phenoxy) is 2. The van der Waals surface area contributed by atoms with Crippen LogP contribution in [0.1, 0.15) is 36.9 Å². The molecule has 3 atom stereocenters. The van der Waals surface area contributed by atoms with Gasteiger partial charge in [0.15, 0.2) is 23.0 Å². The summed E-state index contributed by atoms with van der Waals surface area (Å²) in [6.45, 7) is 4.18. The van der Waals surface area contributed by atoms with Crippen molar-refractivity contribution in [3.63, 3.8) is 0 Å². The summed E-state index contributed by atoms with van der Waals surface area (Å²) in [5, 5.41) is 7.22. The van der Waals surface area contributed by atoms with Gasteiger partial charge in [0.05, 0.1) is 6.61 Å². The molecule has 2 bridgehead atoms. The highest BCUT2D eigenvalue weighted by molar-refractivity contribution is 5.44. The van der Waals surface area contributed by atoms with Gasteiger partial charge in [0.25, 0.3) is 0 Å². The third-order valence-electron chi connectivity index (χ3n) is 6.55. The molecule has 166 valence electrons. The Morgan fingerprint density at radius 2 is 1.71 bits per heavy atom. The number of nitrogens with zero attached hydrogens (tertiary/aromatic N) is 3. The molecule has 0 spiro atoms. The Morgan fingerprint density at radius 3 is 2.32 bits per heavy atom. The van der Waals surface area contributed by atoms with Gasteiger partial charge in [-0.2, -0.15) is 13.2 Å². The first kappa shape index (κ1) is 20.4. The zero-order valence-electron chi connectivity index (χ0n) is 17.4. The minimum Gasteiger partial charge on any atom is -0.489 e. The number of piperidine rings is 1. The van der Waals surface area contributed by atoms with Crippen LogP contribution >= 0.6 is 0 Å². The van der Waals surface area contributed by atoms with Crippen molar-refractivity contribution in [3.8, 4) is 11.5 Å². The number of benzene rings is 1. The quantitative estimate of drug-likeness (QED) is 0.650. The number of aromatic nitrogens is 2. The zero-order chi connectivity index (χ0) is 21.6. The van der Waals surface area contributed by atoms with Crippen molar-refractivity contribution in [1.29, 1.82) is 0 Å². The molecule has 8 heteroatoms. The van der Waals surface area contributed by atoms with E-state index < -0.39 is 11.9 Å². The van der Waals surface area contributed by atoms with Crippen LogP contribution < -0.4 is 14.4 Å². The summed E-state index contributed by atoms with van der Waals surface area (Å²) < 4.78 is 50.9. The molecule has 2 saturated carbocycles. The highest BCUT2D eigenvalue weighted by Gasteiger charge is 2.44. The van der Waals surface area contributed by atoms with Gasteiger partial charge in [-0.05, 0) is 68.4 Å². The largest absolute Gasteiger partial charge is 0.489 e. The Bertz CT molecular complexity index is 917. The average molecular weight is 433 g/mol. The fraction of sp³-hybridized carbons (Fsp3) is 0.565. The van der Waals surface area contributed by atoms with E-state index in [1.165, 1.54) is 18.9 Å². The lowest BCUT2D eigenvalue weighted by atomic mass is 9.94. The highest BCUT2D eigenvalue weighted by atomic mass is 19.4. The fourth-order valence-electron chi connectivity index (χ4n) is 4.66. The molecule has 1 aromatic carbocycles. The molecule has 3 fully saturated rings. The van der Waals surface area contributed by atoms with Crippen molar-refractivity contribution >= 4 is 5.82 Å². The predicted octanol–water partition coefficient (Wildman–Crippen LogP) is 4.89. The van der Waals surface area contributed by atoms with Crippen LogP contribution in [0.5, 0.6) is 11.5 Å². The van der Waals surface area contributed by atoms with Crippen LogP contribution in [-0.2, 0) is 6.18 Å². The molecule has 5 nitrogen and oxygen atoms in total. The Labute approximate surface area is 179 Å². The van der Waals surface area contributed by atoms with Gasteiger partial charge in [-0.25, -0.2) is 0 Å². The minimum absolute atomic E-state index is 0.0737. The maximum atomic E-state index is 12.8. The summed E-state index contributed by atoms with van der Waals surface area (Å²) >= 11 is 0. The Kier molecular flexibility index (Phi) is 5.18. The van der Waals surface area contributed by atoms with E-state index in [0.717, 1.165) is 42.6 Å². The number of hydrogen-bond donors (Lipinski definition) is 0. The minimum atomic E-state index is -4.47. The Morgan fingerprint density at radius 1 is 0.968 bits per heavy atom. The standard InChI is InChI=1S/C23H26F3N3O2/c1-14-2-7-18(19(10-14)30-13-15-3-4-15)31-22-16-5-6-17(22)12-29(11-16)21-9-8-20(27-28-21)23(24,25)26/h2,7-10,15-17,22H,3-6,11-13H2,1H3/t16-,17+,22?. The topological polar surface area (TPSA) is 47.5 Å². The van der Waals surface area contributed by atoms with E-state index in [-0.39, 0.29) is 6.10 Å². The second-order valence-corrected chi connectivity index (χ2v) is 9.06. The van der Waals surface area contributed by atoms with Crippen LogP contribution in [0.15, 0.2) is 30.3 Å². The summed E-state index contributed by atoms with van der Waals surface area (Å²) in [4.78, 5) is 2.04. The van der Waals surface area contributed by atoms with Gasteiger partial charge in [0, 0.05) is 24.9 Å². The summed E-state index contributed by atoms with van der Waals surface area (Å²) in [5.74, 6) is 3.34. The second kappa shape index (κ2) is 7.88. The molecule has 1 saturated heterocycles. The number of halogens is 3. The van der Waals surface area contributed by atoms with Crippen LogP contribution in [0.4, 0.5) is 19.0 Å². The van der Waals surface area contributed by atoms with Crippen LogP contribution in [0.3, 0.4) is 0 Å². The van der Waals surface area contributed by atoms with Crippen molar-refractivity contribution in [2.75, 3.05) is 24.6 Å². The number of anilines is 1. The van der Waals surface area contributed by atoms with Gasteiger partial charge in [0.1, 0.15) is 6.10 Å². The number of alkyl halides is 3. The molecule has 0 N–H and O–H groups in total. The van der Waals surface area contributed by atoms with Crippen LogP contribution in [0, 0.1) is 24.7 Å². The lowest BCUT2D eigenvalue weighted by Crippen LogP contribution is -2.47.